The molecular weight excluding hydrogens is 939 g/mol. The van der Waals surface area contributed by atoms with E-state index in [4.69, 9.17) is 10.2 Å². The van der Waals surface area contributed by atoms with Gasteiger partial charge in [0.05, 0.1) is 0 Å². The van der Waals surface area contributed by atoms with E-state index < -0.39 is 10.8 Å². The maximum Gasteiger partial charge on any atom is 0.339 e. The molecule has 0 atom stereocenters. The van der Waals surface area contributed by atoms with Crippen molar-refractivity contribution in [3.05, 3.63) is 0 Å². The summed E-state index contributed by atoms with van der Waals surface area (Å²) < 4.78 is -1.35. The number of alkyl halides is 6. The molecule has 0 heterocycles. The molecule has 0 unspecified atom stereocenters. The molecule has 0 aliphatic carbocycles. The second-order valence-corrected chi connectivity index (χ2v) is 23.7. The molecule has 0 aromatic heterocycles. The first-order chi connectivity index (χ1) is 5.89. The van der Waals surface area contributed by atoms with Crippen molar-refractivity contribution < 1.29 is 39.3 Å². The molecule has 15 heavy (non-hydrogen) atoms. The summed E-state index contributed by atoms with van der Waals surface area (Å²) >= 11 is 11.0. The van der Waals surface area contributed by atoms with Crippen molar-refractivity contribution in [2.24, 2.45) is 0 Å². The first-order valence-electron chi connectivity index (χ1n) is 2.49. The van der Waals surface area contributed by atoms with Crippen molar-refractivity contribution in [1.82, 2.24) is 0 Å². The molecule has 0 aliphatic heterocycles. The monoisotopic (exact) mass is 939 g/mol. The number of hydrogen-bond acceptors (Lipinski definition) is 2. The van der Waals surface area contributed by atoms with Crippen LogP contribution in [-0.4, -0.2) is 21.0 Å². The molecule has 4 nitrogen and oxygen atoms in total. The fourth-order valence-corrected chi connectivity index (χ4v) is 0. The molecule has 0 spiro atoms. The molecule has 0 amide bonds. The zero-order valence-electron chi connectivity index (χ0n) is 6.69. The first kappa shape index (κ1) is 24.0. The normalized spacial score (nSPS) is 10.5. The van der Waals surface area contributed by atoms with Crippen LogP contribution in [0.1, 0.15) is 0 Å². The van der Waals surface area contributed by atoms with Crippen molar-refractivity contribution in [2.75, 3.05) is 0 Å². The second kappa shape index (κ2) is 10.7. The van der Waals surface area contributed by atoms with Gasteiger partial charge in [0.15, 0.2) is 0 Å². The number of halogens is 6. The number of hydrogen-bond donors (Lipinski definition) is 2. The van der Waals surface area contributed by atoms with E-state index in [2.05, 4.69) is 0 Å². The quantitative estimate of drug-likeness (QED) is 0.249. The van der Waals surface area contributed by atoms with Crippen molar-refractivity contribution in [2.45, 2.75) is -1.13 Å². The van der Waals surface area contributed by atoms with Gasteiger partial charge in [-0.15, -0.1) is 0 Å². The fraction of sp³-hybridized carbons (Fsp3) is 0.500. The van der Waals surface area contributed by atoms with E-state index in [1.807, 2.05) is 136 Å². The molecule has 2 N–H and O–H groups in total. The SMILES string of the molecule is O=C(O)C(I)(I)I.O=C(O)C(I)(I)I.[Zn]. The Morgan fingerprint density at radius 2 is 0.800 bits per heavy atom. The fourth-order valence-electron chi connectivity index (χ4n) is 0. The first-order valence-corrected chi connectivity index (χ1v) is 8.96. The number of rotatable bonds is 2. The molecule has 86 valence electrons. The number of carboxylic acids is 2. The average Bonchev–Trinajstić information content (AvgIpc) is 1.83. The molecule has 0 aromatic rings. The van der Waals surface area contributed by atoms with Crippen LogP contribution in [0, 0.1) is 0 Å². The Bertz CT molecular complexity index is 196. The van der Waals surface area contributed by atoms with Gasteiger partial charge < -0.3 is 10.2 Å². The maximum absolute atomic E-state index is 10.00. The molecule has 0 fully saturated rings. The summed E-state index contributed by atoms with van der Waals surface area (Å²) in [5.74, 6) is -1.59. The van der Waals surface area contributed by atoms with E-state index in [0.29, 0.717) is 0 Å². The molecule has 0 saturated carbocycles. The summed E-state index contributed by atoms with van der Waals surface area (Å²) in [4.78, 5) is 20.0. The number of aliphatic carboxylic acids is 2. The summed E-state index contributed by atoms with van der Waals surface area (Å²) in [5, 5.41) is 16.5. The van der Waals surface area contributed by atoms with Crippen LogP contribution in [-0.2, 0) is 29.1 Å². The Hall–Kier alpha value is 3.94. The van der Waals surface area contributed by atoms with Crippen LogP contribution in [0.2, 0.25) is 0 Å². The van der Waals surface area contributed by atoms with Crippen LogP contribution >= 0.6 is 136 Å². The predicted octanol–water partition coefficient (Wildman–Crippen LogP) is 4.06. The zero-order chi connectivity index (χ0) is 12.2. The smallest absolute Gasteiger partial charge is 0.339 e. The van der Waals surface area contributed by atoms with Crippen LogP contribution in [0.4, 0.5) is 0 Å². The van der Waals surface area contributed by atoms with E-state index in [-0.39, 0.29) is 19.5 Å². The van der Waals surface area contributed by atoms with Gasteiger partial charge in [-0.05, 0) is 136 Å². The third kappa shape index (κ3) is 17.9. The van der Waals surface area contributed by atoms with Gasteiger partial charge in [-0.25, -0.2) is 9.59 Å². The average molecular weight is 941 g/mol. The van der Waals surface area contributed by atoms with Crippen LogP contribution in [0.3, 0.4) is 0 Å². The molecule has 0 radical (unpaired) electrons. The van der Waals surface area contributed by atoms with Gasteiger partial charge in [0, 0.05) is 19.5 Å². The summed E-state index contributed by atoms with van der Waals surface area (Å²) in [7, 11) is 0. The third-order valence-corrected chi connectivity index (χ3v) is 3.25. The Morgan fingerprint density at radius 1 is 0.733 bits per heavy atom. The van der Waals surface area contributed by atoms with Crippen molar-refractivity contribution in [3.63, 3.8) is 0 Å². The Labute approximate surface area is 181 Å². The molecule has 0 aromatic carbocycles. The standard InChI is InChI=1S/2C2HI3O2.Zn/c2*3-2(4,5)1(6)7;/h2*(H,6,7);. The summed E-state index contributed by atoms with van der Waals surface area (Å²) in [6.45, 7) is 0. The van der Waals surface area contributed by atoms with Crippen molar-refractivity contribution in [3.8, 4) is 0 Å². The maximum atomic E-state index is 10.00. The molecular formula is C4H2I6O4Zn. The largest absolute Gasteiger partial charge is 0.479 e. The van der Waals surface area contributed by atoms with Gasteiger partial charge in [0.25, 0.3) is 0 Å². The molecule has 0 bridgehead atoms. The predicted molar refractivity (Wildman–Crippen MR) is 105 cm³/mol. The minimum absolute atomic E-state index is 0. The Morgan fingerprint density at radius 3 is 0.800 bits per heavy atom. The third-order valence-electron chi connectivity index (χ3n) is 0.485. The number of carboxylic acid groups (broad SMARTS) is 2. The van der Waals surface area contributed by atoms with Crippen LogP contribution in [0.5, 0.6) is 0 Å². The van der Waals surface area contributed by atoms with E-state index in [9.17, 15) is 9.59 Å². The van der Waals surface area contributed by atoms with E-state index in [0.717, 1.165) is 0 Å². The zero-order valence-corrected chi connectivity index (χ0v) is 22.6. The van der Waals surface area contributed by atoms with Gasteiger partial charge in [0.2, 0.25) is -1.13 Å². The van der Waals surface area contributed by atoms with E-state index in [1.54, 1.807) is 0 Å². The summed E-state index contributed by atoms with van der Waals surface area (Å²) in [5.41, 5.74) is 0. The van der Waals surface area contributed by atoms with Crippen molar-refractivity contribution >= 4 is 147 Å². The van der Waals surface area contributed by atoms with Gasteiger partial charge in [0.1, 0.15) is 0 Å². The minimum Gasteiger partial charge on any atom is -0.479 e. The molecule has 11 heteroatoms. The molecule has 0 aliphatic rings. The molecule has 0 rings (SSSR count). The van der Waals surface area contributed by atoms with Gasteiger partial charge in [-0.2, -0.15) is 0 Å². The van der Waals surface area contributed by atoms with Crippen molar-refractivity contribution in [1.29, 1.82) is 0 Å². The minimum atomic E-state index is -0.797. The van der Waals surface area contributed by atoms with Gasteiger partial charge in [-0.3, -0.25) is 0 Å². The van der Waals surface area contributed by atoms with E-state index >= 15 is 0 Å². The number of carbonyl (C=O) groups is 2. The van der Waals surface area contributed by atoms with Gasteiger partial charge in [-0.1, -0.05) is 0 Å². The summed E-state index contributed by atoms with van der Waals surface area (Å²) in [6, 6.07) is 0. The summed E-state index contributed by atoms with van der Waals surface area (Å²) in [6.07, 6.45) is 0. The van der Waals surface area contributed by atoms with E-state index in [1.165, 1.54) is 0 Å². The second-order valence-electron chi connectivity index (χ2n) is 1.61. The van der Waals surface area contributed by atoms with Crippen LogP contribution < -0.4 is 0 Å². The van der Waals surface area contributed by atoms with Gasteiger partial charge >= 0.3 is 11.9 Å². The van der Waals surface area contributed by atoms with Crippen LogP contribution in [0.15, 0.2) is 0 Å². The Kier molecular flexibility index (Phi) is 17.1. The molecule has 0 saturated heterocycles. The van der Waals surface area contributed by atoms with Crippen LogP contribution in [0.25, 0.3) is 0 Å². The topological polar surface area (TPSA) is 74.6 Å². The Balaban J connectivity index is -0.000000180.